The largest absolute Gasteiger partial charge is 0.345 e. The molecule has 3 heterocycles. The van der Waals surface area contributed by atoms with Crippen LogP contribution in [0.4, 0.5) is 0 Å². The number of fused-ring (bicyclic) bond motifs is 3. The molecule has 0 aliphatic carbocycles. The highest BCUT2D eigenvalue weighted by atomic mass is 16.1. The Labute approximate surface area is 217 Å². The first-order valence-corrected chi connectivity index (χ1v) is 13.4. The average molecular weight is 483 g/mol. The molecule has 4 rings (SSSR count). The minimum atomic E-state index is 0.0324. The Morgan fingerprint density at radius 2 is 1.83 bits per heavy atom. The van der Waals surface area contributed by atoms with E-state index >= 15 is 0 Å². The van der Waals surface area contributed by atoms with Gasteiger partial charge < -0.3 is 9.47 Å². The maximum absolute atomic E-state index is 13.3. The summed E-state index contributed by atoms with van der Waals surface area (Å²) in [7, 11) is 0. The molecule has 2 aliphatic rings. The molecule has 36 heavy (non-hydrogen) atoms. The summed E-state index contributed by atoms with van der Waals surface area (Å²) in [6.07, 6.45) is 12.3. The minimum Gasteiger partial charge on any atom is -0.345 e. The molecule has 0 bridgehead atoms. The van der Waals surface area contributed by atoms with Crippen LogP contribution in [0.5, 0.6) is 0 Å². The second-order valence-electron chi connectivity index (χ2n) is 11.7. The van der Waals surface area contributed by atoms with Crippen molar-refractivity contribution in [2.24, 2.45) is 5.41 Å². The summed E-state index contributed by atoms with van der Waals surface area (Å²) in [5.41, 5.74) is 10.2. The lowest BCUT2D eigenvalue weighted by Gasteiger charge is -2.39. The lowest BCUT2D eigenvalue weighted by molar-refractivity contribution is 0.237. The lowest BCUT2D eigenvalue weighted by atomic mass is 9.77. The maximum atomic E-state index is 13.3. The van der Waals surface area contributed by atoms with E-state index in [1.165, 1.54) is 27.8 Å². The molecular weight excluding hydrogens is 440 g/mol. The second kappa shape index (κ2) is 9.76. The molecule has 0 spiro atoms. The predicted molar refractivity (Wildman–Crippen MR) is 155 cm³/mol. The third kappa shape index (κ3) is 4.68. The standard InChI is InChI=1S/C33H42N2O/c1-10-12-22(5)29-20-35-30(18-31(29)36)28-15-24(11-2)27(16-26(28)17-32(35)33(7,8)9)25-14-13-23(6)34(19-25)21(3)4/h13-16,18-21,32H,5-6,10-12,17H2,1-4,7-9H3. The van der Waals surface area contributed by atoms with Crippen molar-refractivity contribution in [3.05, 3.63) is 94.1 Å². The van der Waals surface area contributed by atoms with Crippen molar-refractivity contribution < 1.29 is 0 Å². The SMILES string of the molecule is C=C(CCC)c1cn2c(cc1=O)-c1cc(CC)c(C3=CN(C(C)C)C(=C)C=C3)cc1CC2C(C)(C)C. The second-order valence-corrected chi connectivity index (χ2v) is 11.7. The van der Waals surface area contributed by atoms with Crippen LogP contribution in [0.15, 0.2) is 66.4 Å². The van der Waals surface area contributed by atoms with E-state index < -0.39 is 0 Å². The fourth-order valence-electron chi connectivity index (χ4n) is 5.60. The van der Waals surface area contributed by atoms with Gasteiger partial charge in [0, 0.05) is 47.4 Å². The monoisotopic (exact) mass is 482 g/mol. The van der Waals surface area contributed by atoms with Crippen molar-refractivity contribution in [2.45, 2.75) is 86.2 Å². The van der Waals surface area contributed by atoms with Gasteiger partial charge in [0.15, 0.2) is 5.43 Å². The van der Waals surface area contributed by atoms with Crippen molar-refractivity contribution in [3.8, 4) is 11.3 Å². The molecule has 3 nitrogen and oxygen atoms in total. The summed E-state index contributed by atoms with van der Waals surface area (Å²) in [5.74, 6) is 0. The van der Waals surface area contributed by atoms with Crippen LogP contribution in [-0.4, -0.2) is 15.5 Å². The minimum absolute atomic E-state index is 0.0324. The fraction of sp³-hybridized carbons (Fsp3) is 0.424. The quantitative estimate of drug-likeness (QED) is 0.415. The van der Waals surface area contributed by atoms with Gasteiger partial charge in [-0.3, -0.25) is 4.79 Å². The molecule has 1 aromatic heterocycles. The van der Waals surface area contributed by atoms with Gasteiger partial charge in [-0.05, 0) is 78.5 Å². The van der Waals surface area contributed by atoms with Crippen molar-refractivity contribution in [1.29, 1.82) is 0 Å². The highest BCUT2D eigenvalue weighted by molar-refractivity contribution is 5.81. The van der Waals surface area contributed by atoms with Crippen LogP contribution in [-0.2, 0) is 12.8 Å². The highest BCUT2D eigenvalue weighted by Gasteiger charge is 2.33. The molecule has 0 N–H and O–H groups in total. The summed E-state index contributed by atoms with van der Waals surface area (Å²) in [5, 5.41) is 0. The molecule has 0 saturated heterocycles. The first-order chi connectivity index (χ1) is 17.0. The molecule has 1 atom stereocenters. The Kier molecular flexibility index (Phi) is 7.05. The fourth-order valence-corrected chi connectivity index (χ4v) is 5.60. The van der Waals surface area contributed by atoms with Crippen LogP contribution in [0.25, 0.3) is 22.4 Å². The molecule has 1 unspecified atom stereocenters. The number of hydrogen-bond acceptors (Lipinski definition) is 2. The molecule has 0 fully saturated rings. The highest BCUT2D eigenvalue weighted by Crippen LogP contribution is 2.44. The molecular formula is C33H42N2O. The summed E-state index contributed by atoms with van der Waals surface area (Å²) >= 11 is 0. The Balaban J connectivity index is 1.92. The molecule has 0 amide bonds. The topological polar surface area (TPSA) is 25.2 Å². The van der Waals surface area contributed by atoms with Gasteiger partial charge in [-0.25, -0.2) is 0 Å². The number of aryl methyl sites for hydroxylation is 1. The normalized spacial score (nSPS) is 17.2. The number of benzene rings is 1. The predicted octanol–water partition coefficient (Wildman–Crippen LogP) is 8.17. The van der Waals surface area contributed by atoms with E-state index in [0.29, 0.717) is 6.04 Å². The van der Waals surface area contributed by atoms with Gasteiger partial charge in [-0.2, -0.15) is 0 Å². The van der Waals surface area contributed by atoms with Crippen molar-refractivity contribution in [1.82, 2.24) is 9.47 Å². The molecule has 0 saturated carbocycles. The first kappa shape index (κ1) is 26.0. The number of aromatic nitrogens is 1. The molecule has 1 aromatic carbocycles. The zero-order valence-electron chi connectivity index (χ0n) is 23.2. The molecule has 2 aromatic rings. The lowest BCUT2D eigenvalue weighted by Crippen LogP contribution is -2.32. The van der Waals surface area contributed by atoms with Gasteiger partial charge >= 0.3 is 0 Å². The summed E-state index contributed by atoms with van der Waals surface area (Å²) < 4.78 is 2.36. The van der Waals surface area contributed by atoms with E-state index in [2.05, 4.69) is 108 Å². The number of rotatable bonds is 6. The number of pyridine rings is 1. The van der Waals surface area contributed by atoms with Crippen LogP contribution in [0.3, 0.4) is 0 Å². The molecule has 2 aliphatic heterocycles. The molecule has 3 heteroatoms. The third-order valence-corrected chi connectivity index (χ3v) is 7.68. The summed E-state index contributed by atoms with van der Waals surface area (Å²) in [4.78, 5) is 15.5. The van der Waals surface area contributed by atoms with E-state index in [0.717, 1.165) is 48.2 Å². The molecule has 0 radical (unpaired) electrons. The van der Waals surface area contributed by atoms with Gasteiger partial charge in [0.2, 0.25) is 0 Å². The third-order valence-electron chi connectivity index (χ3n) is 7.68. The Bertz CT molecular complexity index is 1330. The zero-order valence-corrected chi connectivity index (χ0v) is 23.2. The van der Waals surface area contributed by atoms with E-state index in [1.54, 1.807) is 0 Å². The number of allylic oxidation sites excluding steroid dienone is 4. The van der Waals surface area contributed by atoms with Crippen LogP contribution in [0.2, 0.25) is 0 Å². The smallest absolute Gasteiger partial charge is 0.189 e. The van der Waals surface area contributed by atoms with Gasteiger partial charge in [-0.15, -0.1) is 0 Å². The van der Waals surface area contributed by atoms with Gasteiger partial charge in [-0.1, -0.05) is 66.3 Å². The van der Waals surface area contributed by atoms with Crippen LogP contribution >= 0.6 is 0 Å². The number of nitrogens with zero attached hydrogens (tertiary/aromatic N) is 2. The van der Waals surface area contributed by atoms with Crippen molar-refractivity contribution >= 4 is 11.1 Å². The Morgan fingerprint density at radius 3 is 2.44 bits per heavy atom. The molecule has 190 valence electrons. The van der Waals surface area contributed by atoms with E-state index in [1.807, 2.05) is 6.07 Å². The van der Waals surface area contributed by atoms with E-state index in [-0.39, 0.29) is 16.9 Å². The summed E-state index contributed by atoms with van der Waals surface area (Å²) in [6, 6.07) is 7.16. The average Bonchev–Trinajstić information content (AvgIpc) is 2.82. The van der Waals surface area contributed by atoms with Crippen LogP contribution in [0.1, 0.15) is 89.6 Å². The Hall–Kier alpha value is -3.07. The maximum Gasteiger partial charge on any atom is 0.189 e. The number of hydrogen-bond donors (Lipinski definition) is 0. The van der Waals surface area contributed by atoms with Gasteiger partial charge in [0.1, 0.15) is 0 Å². The van der Waals surface area contributed by atoms with Crippen molar-refractivity contribution in [2.75, 3.05) is 0 Å². The van der Waals surface area contributed by atoms with Gasteiger partial charge in [0.25, 0.3) is 0 Å². The van der Waals surface area contributed by atoms with E-state index in [4.69, 9.17) is 0 Å². The van der Waals surface area contributed by atoms with Crippen LogP contribution < -0.4 is 5.43 Å². The zero-order chi connectivity index (χ0) is 26.4. The van der Waals surface area contributed by atoms with Crippen LogP contribution in [0, 0.1) is 5.41 Å². The van der Waals surface area contributed by atoms with Gasteiger partial charge in [0.05, 0.1) is 5.69 Å². The summed E-state index contributed by atoms with van der Waals surface area (Å²) in [6.45, 7) is 24.1. The van der Waals surface area contributed by atoms with Crippen molar-refractivity contribution in [3.63, 3.8) is 0 Å². The Morgan fingerprint density at radius 1 is 1.11 bits per heavy atom. The van der Waals surface area contributed by atoms with E-state index in [9.17, 15) is 4.79 Å². The first-order valence-electron chi connectivity index (χ1n) is 13.4.